The summed E-state index contributed by atoms with van der Waals surface area (Å²) < 4.78 is 16.6. The molecular weight excluding hydrogens is 470 g/mol. The van der Waals surface area contributed by atoms with Crippen LogP contribution in [0.1, 0.15) is 44.4 Å². The third-order valence-corrected chi connectivity index (χ3v) is 5.96. The van der Waals surface area contributed by atoms with Crippen LogP contribution in [0.25, 0.3) is 5.76 Å². The first kappa shape index (κ1) is 25.8. The van der Waals surface area contributed by atoms with E-state index in [1.165, 1.54) is 4.90 Å². The van der Waals surface area contributed by atoms with Crippen molar-refractivity contribution in [1.29, 1.82) is 0 Å². The molecule has 1 saturated heterocycles. The Kier molecular flexibility index (Phi) is 7.82. The minimum Gasteiger partial charge on any atom is -0.507 e. The van der Waals surface area contributed by atoms with Gasteiger partial charge in [0.15, 0.2) is 0 Å². The molecule has 1 heterocycles. The van der Waals surface area contributed by atoms with Gasteiger partial charge in [0.2, 0.25) is 0 Å². The molecule has 0 radical (unpaired) electrons. The minimum atomic E-state index is -0.833. The first-order valence-corrected chi connectivity index (χ1v) is 12.3. The fourth-order valence-corrected chi connectivity index (χ4v) is 4.24. The van der Waals surface area contributed by atoms with E-state index in [2.05, 4.69) is 0 Å². The summed E-state index contributed by atoms with van der Waals surface area (Å²) >= 11 is 0. The summed E-state index contributed by atoms with van der Waals surface area (Å²) in [5.41, 5.74) is 1.61. The first-order chi connectivity index (χ1) is 17.8. The van der Waals surface area contributed by atoms with Crippen molar-refractivity contribution in [1.82, 2.24) is 0 Å². The van der Waals surface area contributed by atoms with Gasteiger partial charge in [0.05, 0.1) is 31.4 Å². The molecule has 1 aliphatic heterocycles. The minimum absolute atomic E-state index is 0.00135. The standard InChI is InChI=1S/C30H31NO6/c1-5-18-36-24-12-6-20(7-13-24)27-26(28(32)21-8-14-25(15-9-21)37-19(2)3)29(33)30(34)31(27)22-10-16-23(35-4)17-11-22/h6-17,19,27,32H,5,18H2,1-4H3/b28-26+. The van der Waals surface area contributed by atoms with E-state index < -0.39 is 17.7 Å². The molecule has 0 spiro atoms. The van der Waals surface area contributed by atoms with Gasteiger partial charge in [-0.3, -0.25) is 14.5 Å². The number of Topliss-reactive ketones (excluding diaryl/α,β-unsaturated/α-hetero) is 1. The van der Waals surface area contributed by atoms with Crippen LogP contribution < -0.4 is 19.1 Å². The quantitative estimate of drug-likeness (QED) is 0.223. The second kappa shape index (κ2) is 11.2. The Morgan fingerprint density at radius 3 is 2.05 bits per heavy atom. The number of carbonyl (C=O) groups is 2. The number of aliphatic hydroxyl groups excluding tert-OH is 1. The van der Waals surface area contributed by atoms with Crippen molar-refractivity contribution in [2.24, 2.45) is 0 Å². The predicted molar refractivity (Wildman–Crippen MR) is 142 cm³/mol. The van der Waals surface area contributed by atoms with Crippen LogP contribution in [0, 0.1) is 0 Å². The number of methoxy groups -OCH3 is 1. The van der Waals surface area contributed by atoms with E-state index in [1.807, 2.05) is 32.9 Å². The fourth-order valence-electron chi connectivity index (χ4n) is 4.24. The Bertz CT molecular complexity index is 1280. The van der Waals surface area contributed by atoms with Gasteiger partial charge < -0.3 is 19.3 Å². The molecule has 7 heteroatoms. The van der Waals surface area contributed by atoms with E-state index in [4.69, 9.17) is 14.2 Å². The number of nitrogens with zero attached hydrogens (tertiary/aromatic N) is 1. The van der Waals surface area contributed by atoms with Crippen LogP contribution in [0.4, 0.5) is 5.69 Å². The highest BCUT2D eigenvalue weighted by atomic mass is 16.5. The number of anilines is 1. The Hall–Kier alpha value is -4.26. The topological polar surface area (TPSA) is 85.3 Å². The molecule has 0 aliphatic carbocycles. The van der Waals surface area contributed by atoms with Crippen molar-refractivity contribution in [2.45, 2.75) is 39.3 Å². The molecule has 1 atom stereocenters. The molecule has 7 nitrogen and oxygen atoms in total. The number of amides is 1. The molecule has 3 aromatic carbocycles. The summed E-state index contributed by atoms with van der Waals surface area (Å²) in [5.74, 6) is 0.229. The number of hydrogen-bond donors (Lipinski definition) is 1. The fraction of sp³-hybridized carbons (Fsp3) is 0.267. The summed E-state index contributed by atoms with van der Waals surface area (Å²) in [5, 5.41) is 11.3. The van der Waals surface area contributed by atoms with E-state index in [0.717, 1.165) is 6.42 Å². The van der Waals surface area contributed by atoms with Gasteiger partial charge in [-0.25, -0.2) is 0 Å². The third-order valence-electron chi connectivity index (χ3n) is 5.96. The summed E-state index contributed by atoms with van der Waals surface area (Å²) in [6.07, 6.45) is 0.874. The van der Waals surface area contributed by atoms with Crippen LogP contribution in [-0.2, 0) is 9.59 Å². The molecule has 1 N–H and O–H groups in total. The van der Waals surface area contributed by atoms with E-state index in [0.29, 0.717) is 40.7 Å². The van der Waals surface area contributed by atoms with Crippen LogP contribution in [0.5, 0.6) is 17.2 Å². The Labute approximate surface area is 216 Å². The lowest BCUT2D eigenvalue weighted by atomic mass is 9.95. The molecule has 1 fully saturated rings. The smallest absolute Gasteiger partial charge is 0.300 e. The number of benzene rings is 3. The van der Waals surface area contributed by atoms with Crippen LogP contribution in [-0.4, -0.2) is 36.6 Å². The summed E-state index contributed by atoms with van der Waals surface area (Å²) in [7, 11) is 1.56. The van der Waals surface area contributed by atoms with Crippen molar-refractivity contribution in [3.05, 3.63) is 89.5 Å². The van der Waals surface area contributed by atoms with Gasteiger partial charge in [0.1, 0.15) is 23.0 Å². The predicted octanol–water partition coefficient (Wildman–Crippen LogP) is 5.90. The zero-order valence-electron chi connectivity index (χ0n) is 21.4. The number of carbonyl (C=O) groups excluding carboxylic acids is 2. The van der Waals surface area contributed by atoms with E-state index >= 15 is 0 Å². The highest BCUT2D eigenvalue weighted by molar-refractivity contribution is 6.51. The Morgan fingerprint density at radius 2 is 1.49 bits per heavy atom. The van der Waals surface area contributed by atoms with E-state index in [9.17, 15) is 14.7 Å². The summed E-state index contributed by atoms with van der Waals surface area (Å²) in [4.78, 5) is 28.1. The molecule has 0 bridgehead atoms. The third kappa shape index (κ3) is 5.45. The molecule has 0 saturated carbocycles. The number of ketones is 1. The van der Waals surface area contributed by atoms with Gasteiger partial charge in [0, 0.05) is 11.3 Å². The summed E-state index contributed by atoms with van der Waals surface area (Å²) in [6, 6.07) is 20.1. The number of aliphatic hydroxyl groups is 1. The molecule has 1 aliphatic rings. The maximum Gasteiger partial charge on any atom is 0.300 e. The van der Waals surface area contributed by atoms with Crippen molar-refractivity contribution < 1.29 is 28.9 Å². The molecule has 1 unspecified atom stereocenters. The second-order valence-corrected chi connectivity index (χ2v) is 8.98. The summed E-state index contributed by atoms with van der Waals surface area (Å²) in [6.45, 7) is 6.46. The van der Waals surface area contributed by atoms with Crippen molar-refractivity contribution >= 4 is 23.1 Å². The van der Waals surface area contributed by atoms with Gasteiger partial charge >= 0.3 is 0 Å². The molecule has 3 aromatic rings. The maximum absolute atomic E-state index is 13.3. The highest BCUT2D eigenvalue weighted by Crippen LogP contribution is 2.43. The Morgan fingerprint density at radius 1 is 0.892 bits per heavy atom. The monoisotopic (exact) mass is 501 g/mol. The van der Waals surface area contributed by atoms with Gasteiger partial charge in [0.25, 0.3) is 11.7 Å². The van der Waals surface area contributed by atoms with Crippen molar-refractivity contribution in [3.8, 4) is 17.2 Å². The number of rotatable bonds is 9. The van der Waals surface area contributed by atoms with Crippen LogP contribution in [0.15, 0.2) is 78.4 Å². The van der Waals surface area contributed by atoms with Crippen molar-refractivity contribution in [2.75, 3.05) is 18.6 Å². The molecule has 0 aromatic heterocycles. The average molecular weight is 502 g/mol. The molecular formula is C30H31NO6. The lowest BCUT2D eigenvalue weighted by molar-refractivity contribution is -0.132. The zero-order chi connectivity index (χ0) is 26.5. The normalized spacial score (nSPS) is 16.8. The van der Waals surface area contributed by atoms with Gasteiger partial charge in [-0.1, -0.05) is 19.1 Å². The SMILES string of the molecule is CCCOc1ccc(C2/C(=C(\O)c3ccc(OC(C)C)cc3)C(=O)C(=O)N2c2ccc(OC)cc2)cc1. The number of ether oxygens (including phenoxy) is 3. The van der Waals surface area contributed by atoms with Crippen LogP contribution >= 0.6 is 0 Å². The largest absolute Gasteiger partial charge is 0.507 e. The van der Waals surface area contributed by atoms with Gasteiger partial charge in [-0.05, 0) is 86.5 Å². The van der Waals surface area contributed by atoms with Crippen LogP contribution in [0.2, 0.25) is 0 Å². The van der Waals surface area contributed by atoms with Crippen molar-refractivity contribution in [3.63, 3.8) is 0 Å². The van der Waals surface area contributed by atoms with Crippen LogP contribution in [0.3, 0.4) is 0 Å². The molecule has 1 amide bonds. The molecule has 37 heavy (non-hydrogen) atoms. The van der Waals surface area contributed by atoms with E-state index in [1.54, 1.807) is 67.8 Å². The highest BCUT2D eigenvalue weighted by Gasteiger charge is 2.47. The Balaban J connectivity index is 1.81. The number of hydrogen-bond acceptors (Lipinski definition) is 6. The lowest BCUT2D eigenvalue weighted by Crippen LogP contribution is -2.29. The molecule has 4 rings (SSSR count). The van der Waals surface area contributed by atoms with Gasteiger partial charge in [-0.15, -0.1) is 0 Å². The zero-order valence-corrected chi connectivity index (χ0v) is 21.4. The lowest BCUT2D eigenvalue weighted by Gasteiger charge is -2.25. The molecule has 192 valence electrons. The second-order valence-electron chi connectivity index (χ2n) is 8.98. The first-order valence-electron chi connectivity index (χ1n) is 12.3. The van der Waals surface area contributed by atoms with Gasteiger partial charge in [-0.2, -0.15) is 0 Å². The van der Waals surface area contributed by atoms with E-state index in [-0.39, 0.29) is 17.4 Å². The maximum atomic E-state index is 13.3. The average Bonchev–Trinajstić information content (AvgIpc) is 3.17.